The number of nitrogens with two attached hydrogens (primary N) is 1. The van der Waals surface area contributed by atoms with Gasteiger partial charge in [0.2, 0.25) is 11.8 Å². The van der Waals surface area contributed by atoms with Crippen molar-refractivity contribution in [3.63, 3.8) is 0 Å². The second-order valence-electron chi connectivity index (χ2n) is 6.32. The van der Waals surface area contributed by atoms with Gasteiger partial charge in [0.15, 0.2) is 0 Å². The van der Waals surface area contributed by atoms with Crippen LogP contribution in [0.25, 0.3) is 0 Å². The third-order valence-electron chi connectivity index (χ3n) is 3.32. The van der Waals surface area contributed by atoms with Crippen LogP contribution in [0.3, 0.4) is 0 Å². The summed E-state index contributed by atoms with van der Waals surface area (Å²) in [4.78, 5) is 0. The van der Waals surface area contributed by atoms with E-state index in [1.807, 2.05) is 0 Å². The van der Waals surface area contributed by atoms with Crippen LogP contribution in [-0.2, 0) is 11.8 Å². The first-order valence-electron chi connectivity index (χ1n) is 6.99. The number of nitrogens with zero attached hydrogens (tertiary/aromatic N) is 2. The fourth-order valence-electron chi connectivity index (χ4n) is 1.98. The van der Waals surface area contributed by atoms with Gasteiger partial charge in [-0.3, -0.25) is 0 Å². The van der Waals surface area contributed by atoms with E-state index in [0.717, 1.165) is 6.42 Å². The Labute approximate surface area is 120 Å². The number of hydrogen-bond acceptors (Lipinski definition) is 4. The van der Waals surface area contributed by atoms with Gasteiger partial charge in [0.25, 0.3) is 0 Å². The first-order valence-corrected chi connectivity index (χ1v) is 6.99. The van der Waals surface area contributed by atoms with Gasteiger partial charge in [-0.2, -0.15) is 0 Å². The van der Waals surface area contributed by atoms with Crippen LogP contribution >= 0.6 is 0 Å². The maximum Gasteiger partial charge on any atom is 0.221 e. The van der Waals surface area contributed by atoms with E-state index in [9.17, 15) is 0 Å². The minimum atomic E-state index is -0.131. The van der Waals surface area contributed by atoms with E-state index < -0.39 is 0 Å². The van der Waals surface area contributed by atoms with E-state index in [4.69, 9.17) is 10.2 Å². The molecule has 20 heavy (non-hydrogen) atoms. The van der Waals surface area contributed by atoms with E-state index >= 15 is 0 Å². The van der Waals surface area contributed by atoms with Crippen molar-refractivity contribution in [2.45, 2.75) is 45.4 Å². The highest BCUT2D eigenvalue weighted by molar-refractivity contribution is 5.23. The molecule has 1 unspecified atom stereocenters. The minimum absolute atomic E-state index is 0.0707. The number of hydrogen-bond donors (Lipinski definition) is 1. The monoisotopic (exact) mass is 273 g/mol. The van der Waals surface area contributed by atoms with Crippen molar-refractivity contribution in [1.29, 1.82) is 0 Å². The van der Waals surface area contributed by atoms with Crippen LogP contribution < -0.4 is 5.73 Å². The Hall–Kier alpha value is -1.68. The summed E-state index contributed by atoms with van der Waals surface area (Å²) in [6.07, 6.45) is 0.822. The first-order chi connectivity index (χ1) is 9.40. The minimum Gasteiger partial charge on any atom is -0.424 e. The molecular weight excluding hydrogens is 250 g/mol. The van der Waals surface area contributed by atoms with Crippen LogP contribution in [0.2, 0.25) is 0 Å². The van der Waals surface area contributed by atoms with Crippen LogP contribution in [-0.4, -0.2) is 16.7 Å². The lowest BCUT2D eigenvalue weighted by molar-refractivity contribution is 0.355. The van der Waals surface area contributed by atoms with E-state index in [0.29, 0.717) is 18.3 Å². The number of rotatable bonds is 4. The summed E-state index contributed by atoms with van der Waals surface area (Å²) in [6, 6.07) is 8.46. The van der Waals surface area contributed by atoms with Crippen molar-refractivity contribution in [2.75, 3.05) is 6.54 Å². The average molecular weight is 273 g/mol. The third-order valence-corrected chi connectivity index (χ3v) is 3.32. The molecule has 108 valence electrons. The van der Waals surface area contributed by atoms with Gasteiger partial charge in [0.05, 0.1) is 5.92 Å². The molecule has 4 heteroatoms. The lowest BCUT2D eigenvalue weighted by Gasteiger charge is -2.13. The van der Waals surface area contributed by atoms with Crippen molar-refractivity contribution in [3.8, 4) is 0 Å². The Morgan fingerprint density at radius 2 is 1.80 bits per heavy atom. The van der Waals surface area contributed by atoms with Gasteiger partial charge in [-0.15, -0.1) is 10.2 Å². The van der Waals surface area contributed by atoms with Crippen molar-refractivity contribution >= 4 is 0 Å². The zero-order valence-electron chi connectivity index (χ0n) is 12.7. The van der Waals surface area contributed by atoms with E-state index in [-0.39, 0.29) is 11.3 Å². The van der Waals surface area contributed by atoms with Crippen molar-refractivity contribution in [1.82, 2.24) is 10.2 Å². The molecule has 1 aromatic heterocycles. The topological polar surface area (TPSA) is 64.9 Å². The van der Waals surface area contributed by atoms with Gasteiger partial charge in [0, 0.05) is 12.0 Å². The van der Waals surface area contributed by atoms with Gasteiger partial charge >= 0.3 is 0 Å². The molecular formula is C16H23N3O. The molecule has 0 aliphatic carbocycles. The zero-order valence-corrected chi connectivity index (χ0v) is 12.7. The smallest absolute Gasteiger partial charge is 0.221 e. The number of aromatic nitrogens is 2. The van der Waals surface area contributed by atoms with Crippen LogP contribution in [0, 0.1) is 6.92 Å². The maximum atomic E-state index is 5.87. The molecule has 2 rings (SSSR count). The predicted molar refractivity (Wildman–Crippen MR) is 79.7 cm³/mol. The molecule has 0 aliphatic heterocycles. The largest absolute Gasteiger partial charge is 0.424 e. The van der Waals surface area contributed by atoms with Crippen LogP contribution in [0.4, 0.5) is 0 Å². The average Bonchev–Trinajstić information content (AvgIpc) is 2.87. The van der Waals surface area contributed by atoms with Crippen molar-refractivity contribution < 1.29 is 4.42 Å². The third kappa shape index (κ3) is 3.45. The summed E-state index contributed by atoms with van der Waals surface area (Å²) in [5.74, 6) is 1.37. The molecule has 1 atom stereocenters. The number of aryl methyl sites for hydroxylation is 1. The quantitative estimate of drug-likeness (QED) is 0.930. The molecule has 0 bridgehead atoms. The predicted octanol–water partition coefficient (Wildman–Crippen LogP) is 2.96. The van der Waals surface area contributed by atoms with Crippen LogP contribution in [0.1, 0.15) is 49.6 Å². The SMILES string of the molecule is Cc1ccc(CC(CN)c2nnc(C(C)(C)C)o2)cc1. The molecule has 0 radical (unpaired) electrons. The first kappa shape index (κ1) is 14.7. The molecule has 4 nitrogen and oxygen atoms in total. The molecule has 0 spiro atoms. The van der Waals surface area contributed by atoms with Crippen LogP contribution in [0.5, 0.6) is 0 Å². The molecule has 2 aromatic rings. The van der Waals surface area contributed by atoms with Crippen molar-refractivity contribution in [3.05, 3.63) is 47.2 Å². The second kappa shape index (κ2) is 5.75. The molecule has 0 saturated carbocycles. The molecule has 1 heterocycles. The van der Waals surface area contributed by atoms with Gasteiger partial charge in [-0.25, -0.2) is 0 Å². The van der Waals surface area contributed by atoms with Crippen LogP contribution in [0.15, 0.2) is 28.7 Å². The normalized spacial score (nSPS) is 13.4. The molecule has 0 aliphatic rings. The maximum absolute atomic E-state index is 5.87. The fraction of sp³-hybridized carbons (Fsp3) is 0.500. The highest BCUT2D eigenvalue weighted by Gasteiger charge is 2.24. The van der Waals surface area contributed by atoms with E-state index in [2.05, 4.69) is 62.2 Å². The highest BCUT2D eigenvalue weighted by atomic mass is 16.4. The highest BCUT2D eigenvalue weighted by Crippen LogP contribution is 2.25. The Morgan fingerprint density at radius 1 is 1.15 bits per heavy atom. The Morgan fingerprint density at radius 3 is 2.30 bits per heavy atom. The Kier molecular flexibility index (Phi) is 4.23. The summed E-state index contributed by atoms with van der Waals surface area (Å²) in [6.45, 7) is 8.75. The summed E-state index contributed by atoms with van der Waals surface area (Å²) < 4.78 is 5.79. The lowest BCUT2D eigenvalue weighted by Crippen LogP contribution is -2.15. The Bertz CT molecular complexity index is 552. The molecule has 1 aromatic carbocycles. The Balaban J connectivity index is 2.16. The van der Waals surface area contributed by atoms with E-state index in [1.54, 1.807) is 0 Å². The molecule has 0 saturated heterocycles. The van der Waals surface area contributed by atoms with E-state index in [1.165, 1.54) is 11.1 Å². The summed E-state index contributed by atoms with van der Waals surface area (Å²) in [7, 11) is 0. The molecule has 0 fully saturated rings. The number of benzene rings is 1. The lowest BCUT2D eigenvalue weighted by atomic mass is 9.97. The fourth-order valence-corrected chi connectivity index (χ4v) is 1.98. The second-order valence-corrected chi connectivity index (χ2v) is 6.32. The van der Waals surface area contributed by atoms with Crippen molar-refractivity contribution in [2.24, 2.45) is 5.73 Å². The standard InChI is InChI=1S/C16H23N3O/c1-11-5-7-12(8-6-11)9-13(10-17)14-18-19-15(20-14)16(2,3)4/h5-8,13H,9-10,17H2,1-4H3. The summed E-state index contributed by atoms with van der Waals surface area (Å²) in [5, 5.41) is 8.31. The van der Waals surface area contributed by atoms with Gasteiger partial charge < -0.3 is 10.2 Å². The summed E-state index contributed by atoms with van der Waals surface area (Å²) >= 11 is 0. The van der Waals surface area contributed by atoms with Gasteiger partial charge in [-0.05, 0) is 18.9 Å². The molecule has 2 N–H and O–H groups in total. The molecule has 0 amide bonds. The zero-order chi connectivity index (χ0) is 14.8. The van der Waals surface area contributed by atoms with Gasteiger partial charge in [0.1, 0.15) is 0 Å². The van der Waals surface area contributed by atoms with Gasteiger partial charge in [-0.1, -0.05) is 50.6 Å². The summed E-state index contributed by atoms with van der Waals surface area (Å²) in [5.41, 5.74) is 8.24.